The summed E-state index contributed by atoms with van der Waals surface area (Å²) in [7, 11) is 1.60. The molecule has 1 aromatic heterocycles. The van der Waals surface area contributed by atoms with Crippen LogP contribution < -0.4 is 5.73 Å². The van der Waals surface area contributed by atoms with Crippen molar-refractivity contribution in [2.45, 2.75) is 13.2 Å². The summed E-state index contributed by atoms with van der Waals surface area (Å²) in [6.07, 6.45) is 0. The van der Waals surface area contributed by atoms with Crippen molar-refractivity contribution in [1.82, 2.24) is 4.57 Å². The van der Waals surface area contributed by atoms with E-state index >= 15 is 0 Å². The van der Waals surface area contributed by atoms with Gasteiger partial charge in [-0.15, -0.1) is 0 Å². The summed E-state index contributed by atoms with van der Waals surface area (Å²) < 4.78 is 34.5. The van der Waals surface area contributed by atoms with Crippen LogP contribution in [0.3, 0.4) is 0 Å². The molecule has 0 saturated carbocycles. The minimum absolute atomic E-state index is 0.223. The highest BCUT2D eigenvalue weighted by atomic mass is 19.1. The SMILES string of the molecule is COCc1c[c]c2c3c(C(N)=O)cccc3n(Cc3cc(F)cc(F)c3)c2c1. The van der Waals surface area contributed by atoms with E-state index in [-0.39, 0.29) is 6.54 Å². The minimum atomic E-state index is -0.639. The first kappa shape index (κ1) is 18.1. The van der Waals surface area contributed by atoms with Gasteiger partial charge in [0, 0.05) is 36.1 Å². The van der Waals surface area contributed by atoms with Gasteiger partial charge in [0.15, 0.2) is 0 Å². The average Bonchev–Trinajstić information content (AvgIpc) is 2.94. The lowest BCUT2D eigenvalue weighted by molar-refractivity contribution is 0.100. The molecule has 1 radical (unpaired) electrons. The van der Waals surface area contributed by atoms with Crippen molar-refractivity contribution in [1.29, 1.82) is 0 Å². The Morgan fingerprint density at radius 1 is 1.11 bits per heavy atom. The Bertz CT molecular complexity index is 1190. The summed E-state index contributed by atoms with van der Waals surface area (Å²) in [4.78, 5) is 12.0. The molecule has 0 aliphatic carbocycles. The van der Waals surface area contributed by atoms with E-state index in [9.17, 15) is 13.6 Å². The summed E-state index contributed by atoms with van der Waals surface area (Å²) in [6.45, 7) is 0.617. The monoisotopic (exact) mass is 379 g/mol. The van der Waals surface area contributed by atoms with Gasteiger partial charge in [0.2, 0.25) is 5.91 Å². The van der Waals surface area contributed by atoms with Gasteiger partial charge in [0.05, 0.1) is 17.6 Å². The second-order valence-corrected chi connectivity index (χ2v) is 6.63. The second-order valence-electron chi connectivity index (χ2n) is 6.63. The first-order chi connectivity index (χ1) is 13.5. The molecule has 0 spiro atoms. The first-order valence-electron chi connectivity index (χ1n) is 8.67. The van der Waals surface area contributed by atoms with Crippen LogP contribution in [0.2, 0.25) is 0 Å². The van der Waals surface area contributed by atoms with Gasteiger partial charge in [0.1, 0.15) is 11.6 Å². The Labute approximate surface area is 160 Å². The van der Waals surface area contributed by atoms with Crippen LogP contribution in [0, 0.1) is 17.7 Å². The predicted octanol–water partition coefficient (Wildman–Crippen LogP) is 4.17. The van der Waals surface area contributed by atoms with Crippen LogP contribution in [-0.4, -0.2) is 17.6 Å². The Balaban J connectivity index is 2.02. The molecular formula is C22H17F2N2O2. The lowest BCUT2D eigenvalue weighted by atomic mass is 10.0. The zero-order valence-electron chi connectivity index (χ0n) is 15.1. The van der Waals surface area contributed by atoms with Crippen molar-refractivity contribution in [3.8, 4) is 0 Å². The van der Waals surface area contributed by atoms with Gasteiger partial charge in [-0.2, -0.15) is 0 Å². The van der Waals surface area contributed by atoms with Crippen molar-refractivity contribution in [2.24, 2.45) is 5.73 Å². The lowest BCUT2D eigenvalue weighted by Gasteiger charge is -2.09. The summed E-state index contributed by atoms with van der Waals surface area (Å²) in [5.74, 6) is -1.82. The van der Waals surface area contributed by atoms with Crippen LogP contribution in [0.25, 0.3) is 21.8 Å². The van der Waals surface area contributed by atoms with Crippen LogP contribution in [0.1, 0.15) is 21.5 Å². The molecule has 1 amide bonds. The summed E-state index contributed by atoms with van der Waals surface area (Å²) >= 11 is 0. The number of primary amides is 1. The summed E-state index contributed by atoms with van der Waals surface area (Å²) in [5, 5.41) is 1.40. The largest absolute Gasteiger partial charge is 0.380 e. The maximum absolute atomic E-state index is 13.7. The number of carbonyl (C=O) groups excluding carboxylic acids is 1. The first-order valence-corrected chi connectivity index (χ1v) is 8.67. The van der Waals surface area contributed by atoms with Crippen molar-refractivity contribution < 1.29 is 18.3 Å². The highest BCUT2D eigenvalue weighted by molar-refractivity contribution is 6.17. The molecule has 0 fully saturated rings. The van der Waals surface area contributed by atoms with E-state index in [1.165, 1.54) is 12.1 Å². The van der Waals surface area contributed by atoms with Gasteiger partial charge in [-0.05, 0) is 53.6 Å². The Morgan fingerprint density at radius 3 is 2.54 bits per heavy atom. The van der Waals surface area contributed by atoms with Crippen LogP contribution in [0.15, 0.2) is 48.5 Å². The van der Waals surface area contributed by atoms with E-state index in [0.717, 1.165) is 28.0 Å². The molecule has 0 saturated heterocycles. The number of nitrogens with zero attached hydrogens (tertiary/aromatic N) is 1. The molecule has 0 unspecified atom stereocenters. The maximum atomic E-state index is 13.7. The van der Waals surface area contributed by atoms with Gasteiger partial charge in [-0.25, -0.2) is 8.78 Å². The number of rotatable bonds is 5. The van der Waals surface area contributed by atoms with E-state index in [1.807, 2.05) is 16.7 Å². The van der Waals surface area contributed by atoms with Crippen molar-refractivity contribution in [3.05, 3.63) is 82.9 Å². The van der Waals surface area contributed by atoms with E-state index in [4.69, 9.17) is 10.5 Å². The maximum Gasteiger partial charge on any atom is 0.249 e. The molecule has 1 heterocycles. The predicted molar refractivity (Wildman–Crippen MR) is 103 cm³/mol. The topological polar surface area (TPSA) is 57.2 Å². The van der Waals surface area contributed by atoms with Gasteiger partial charge >= 0.3 is 0 Å². The molecule has 0 aliphatic heterocycles. The summed E-state index contributed by atoms with van der Waals surface area (Å²) in [5.41, 5.74) is 8.83. The lowest BCUT2D eigenvalue weighted by Crippen LogP contribution is -2.11. The molecule has 28 heavy (non-hydrogen) atoms. The van der Waals surface area contributed by atoms with E-state index in [2.05, 4.69) is 6.07 Å². The second kappa shape index (κ2) is 7.05. The smallest absolute Gasteiger partial charge is 0.249 e. The van der Waals surface area contributed by atoms with Crippen LogP contribution in [0.4, 0.5) is 8.78 Å². The number of ether oxygens (including phenoxy) is 1. The number of benzene rings is 3. The third-order valence-corrected chi connectivity index (χ3v) is 4.69. The zero-order valence-corrected chi connectivity index (χ0v) is 15.1. The van der Waals surface area contributed by atoms with Gasteiger partial charge in [-0.3, -0.25) is 4.79 Å². The number of amides is 1. The summed E-state index contributed by atoms with van der Waals surface area (Å²) in [6, 6.07) is 15.6. The molecule has 6 heteroatoms. The van der Waals surface area contributed by atoms with Crippen LogP contribution in [-0.2, 0) is 17.9 Å². The van der Waals surface area contributed by atoms with Crippen molar-refractivity contribution in [2.75, 3.05) is 7.11 Å². The fraction of sp³-hybridized carbons (Fsp3) is 0.136. The fourth-order valence-corrected chi connectivity index (χ4v) is 3.61. The standard InChI is InChI=1S/C22H17F2N2O2/c1-28-12-13-5-6-17-20(9-13)26(11-14-7-15(23)10-16(24)8-14)19-4-2-3-18(21(17)19)22(25)27/h2-5,7-10H,11-12H2,1H3,(H2,25,27). The van der Waals surface area contributed by atoms with E-state index in [1.54, 1.807) is 25.3 Å². The highest BCUT2D eigenvalue weighted by Crippen LogP contribution is 2.33. The zero-order chi connectivity index (χ0) is 19.8. The third-order valence-electron chi connectivity index (χ3n) is 4.69. The quantitative estimate of drug-likeness (QED) is 0.566. The number of carbonyl (C=O) groups is 1. The molecule has 4 nitrogen and oxygen atoms in total. The Hall–Kier alpha value is -3.25. The molecular weight excluding hydrogens is 362 g/mol. The fourth-order valence-electron chi connectivity index (χ4n) is 3.61. The number of hydrogen-bond donors (Lipinski definition) is 1. The molecule has 4 rings (SSSR count). The average molecular weight is 379 g/mol. The van der Waals surface area contributed by atoms with Gasteiger partial charge < -0.3 is 15.0 Å². The third kappa shape index (κ3) is 3.12. The number of aromatic nitrogens is 1. The highest BCUT2D eigenvalue weighted by Gasteiger charge is 2.17. The van der Waals surface area contributed by atoms with Crippen LogP contribution >= 0.6 is 0 Å². The van der Waals surface area contributed by atoms with Gasteiger partial charge in [-0.1, -0.05) is 6.07 Å². The van der Waals surface area contributed by atoms with Crippen molar-refractivity contribution >= 4 is 27.7 Å². The molecule has 0 bridgehead atoms. The number of fused-ring (bicyclic) bond motifs is 3. The van der Waals surface area contributed by atoms with E-state index < -0.39 is 17.5 Å². The van der Waals surface area contributed by atoms with Crippen LogP contribution in [0.5, 0.6) is 0 Å². The molecule has 0 atom stereocenters. The molecule has 4 aromatic rings. The number of methoxy groups -OCH3 is 1. The minimum Gasteiger partial charge on any atom is -0.380 e. The molecule has 141 valence electrons. The molecule has 0 aliphatic rings. The number of halogens is 2. The number of hydrogen-bond acceptors (Lipinski definition) is 2. The molecule has 2 N–H and O–H groups in total. The Kier molecular flexibility index (Phi) is 4.57. The van der Waals surface area contributed by atoms with Gasteiger partial charge in [0.25, 0.3) is 0 Å². The Morgan fingerprint density at radius 2 is 1.86 bits per heavy atom. The normalized spacial score (nSPS) is 11.4. The van der Waals surface area contributed by atoms with E-state index in [0.29, 0.717) is 23.1 Å². The number of nitrogens with two attached hydrogens (primary N) is 1. The molecule has 3 aromatic carbocycles. The van der Waals surface area contributed by atoms with Crippen molar-refractivity contribution in [3.63, 3.8) is 0 Å².